The number of nitrogens with one attached hydrogen (secondary N) is 1. The van der Waals surface area contributed by atoms with E-state index in [1.54, 1.807) is 0 Å². The molecule has 6 nitrogen and oxygen atoms in total. The summed E-state index contributed by atoms with van der Waals surface area (Å²) < 4.78 is 0. The lowest BCUT2D eigenvalue weighted by Gasteiger charge is -2.18. The van der Waals surface area contributed by atoms with Crippen LogP contribution in [0.2, 0.25) is 0 Å². The molecule has 0 aromatic rings. The summed E-state index contributed by atoms with van der Waals surface area (Å²) in [7, 11) is 0. The highest BCUT2D eigenvalue weighted by Crippen LogP contribution is 1.94. The van der Waals surface area contributed by atoms with Gasteiger partial charge in [-0.1, -0.05) is 6.92 Å². The molecule has 0 rings (SSSR count). The molecule has 0 bridgehead atoms. The Hall–Kier alpha value is -1.14. The third kappa shape index (κ3) is 8.19. The molecule has 0 aliphatic heterocycles. The molecule has 1 amide bonds. The predicted molar refractivity (Wildman–Crippen MR) is 59.1 cm³/mol. The molecule has 0 aromatic carbocycles. The average molecular weight is 232 g/mol. The molecule has 6 heteroatoms. The third-order valence-corrected chi connectivity index (χ3v) is 2.18. The van der Waals surface area contributed by atoms with E-state index in [1.807, 2.05) is 11.8 Å². The predicted octanol–water partition coefficient (Wildman–Crippen LogP) is -0.718. The van der Waals surface area contributed by atoms with Crippen molar-refractivity contribution in [1.82, 2.24) is 10.2 Å². The minimum atomic E-state index is -1.04. The fourth-order valence-electron chi connectivity index (χ4n) is 1.30. The highest BCUT2D eigenvalue weighted by Gasteiger charge is 2.05. The molecule has 0 atom stereocenters. The maximum atomic E-state index is 11.1. The van der Waals surface area contributed by atoms with Crippen LogP contribution in [-0.4, -0.2) is 59.8 Å². The largest absolute Gasteiger partial charge is 0.480 e. The zero-order valence-electron chi connectivity index (χ0n) is 9.61. The Kier molecular flexibility index (Phi) is 8.46. The van der Waals surface area contributed by atoms with Gasteiger partial charge in [0, 0.05) is 13.0 Å². The van der Waals surface area contributed by atoms with Gasteiger partial charge >= 0.3 is 5.97 Å². The van der Waals surface area contributed by atoms with Gasteiger partial charge in [0.1, 0.15) is 6.54 Å². The van der Waals surface area contributed by atoms with Crippen molar-refractivity contribution in [3.63, 3.8) is 0 Å². The number of aliphatic hydroxyl groups excluding tert-OH is 1. The highest BCUT2D eigenvalue weighted by molar-refractivity contribution is 5.80. The van der Waals surface area contributed by atoms with Crippen LogP contribution in [0.25, 0.3) is 0 Å². The van der Waals surface area contributed by atoms with E-state index in [9.17, 15) is 9.59 Å². The van der Waals surface area contributed by atoms with Gasteiger partial charge in [0.15, 0.2) is 0 Å². The van der Waals surface area contributed by atoms with E-state index in [1.165, 1.54) is 0 Å². The van der Waals surface area contributed by atoms with Crippen LogP contribution in [-0.2, 0) is 9.59 Å². The van der Waals surface area contributed by atoms with E-state index in [0.29, 0.717) is 19.4 Å². The first-order valence-electron chi connectivity index (χ1n) is 5.41. The number of carbonyl (C=O) groups is 2. The summed E-state index contributed by atoms with van der Waals surface area (Å²) in [5.74, 6) is -1.29. The van der Waals surface area contributed by atoms with Crippen LogP contribution in [0.3, 0.4) is 0 Å². The number of carboxylic acids is 1. The molecule has 0 fully saturated rings. The summed E-state index contributed by atoms with van der Waals surface area (Å²) in [5.41, 5.74) is 0. The van der Waals surface area contributed by atoms with Crippen LogP contribution >= 0.6 is 0 Å². The molecule has 0 aliphatic rings. The highest BCUT2D eigenvalue weighted by atomic mass is 16.4. The average Bonchev–Trinajstić information content (AvgIpc) is 2.25. The van der Waals surface area contributed by atoms with Crippen LogP contribution in [0.1, 0.15) is 19.8 Å². The molecular formula is C10H20N2O4. The van der Waals surface area contributed by atoms with Crippen molar-refractivity contribution in [2.24, 2.45) is 0 Å². The maximum absolute atomic E-state index is 11.1. The summed E-state index contributed by atoms with van der Waals surface area (Å²) in [6.45, 7) is 3.94. The Morgan fingerprint density at radius 2 is 2.00 bits per heavy atom. The SMILES string of the molecule is CCN(CCO)CCCC(=O)NCC(=O)O. The Labute approximate surface area is 95.2 Å². The molecule has 0 heterocycles. The van der Waals surface area contributed by atoms with Crippen molar-refractivity contribution < 1.29 is 19.8 Å². The summed E-state index contributed by atoms with van der Waals surface area (Å²) >= 11 is 0. The van der Waals surface area contributed by atoms with Gasteiger partial charge in [-0.25, -0.2) is 0 Å². The first-order chi connectivity index (χ1) is 7.60. The van der Waals surface area contributed by atoms with Gasteiger partial charge in [-0.2, -0.15) is 0 Å². The van der Waals surface area contributed by atoms with Crippen LogP contribution in [0.15, 0.2) is 0 Å². The Bertz CT molecular complexity index is 221. The Morgan fingerprint density at radius 3 is 2.50 bits per heavy atom. The molecule has 3 N–H and O–H groups in total. The second-order valence-electron chi connectivity index (χ2n) is 3.43. The third-order valence-electron chi connectivity index (χ3n) is 2.18. The lowest BCUT2D eigenvalue weighted by Crippen LogP contribution is -2.31. The van der Waals surface area contributed by atoms with Gasteiger partial charge in [-0.3, -0.25) is 9.59 Å². The number of amides is 1. The minimum absolute atomic E-state index is 0.110. The number of carboxylic acid groups (broad SMARTS) is 1. The van der Waals surface area contributed by atoms with E-state index in [-0.39, 0.29) is 19.1 Å². The molecule has 0 aliphatic carbocycles. The minimum Gasteiger partial charge on any atom is -0.480 e. The van der Waals surface area contributed by atoms with Crippen molar-refractivity contribution in [2.45, 2.75) is 19.8 Å². The normalized spacial score (nSPS) is 10.4. The topological polar surface area (TPSA) is 89.9 Å². The zero-order valence-corrected chi connectivity index (χ0v) is 9.61. The second kappa shape index (κ2) is 9.11. The summed E-state index contributed by atoms with van der Waals surface area (Å²) in [4.78, 5) is 23.3. The number of nitrogens with zero attached hydrogens (tertiary/aromatic N) is 1. The molecule has 0 unspecified atom stereocenters. The first-order valence-corrected chi connectivity index (χ1v) is 5.41. The van der Waals surface area contributed by atoms with Gasteiger partial charge in [0.2, 0.25) is 5.91 Å². The molecule has 0 saturated carbocycles. The molecular weight excluding hydrogens is 212 g/mol. The van der Waals surface area contributed by atoms with E-state index >= 15 is 0 Å². The van der Waals surface area contributed by atoms with Crippen molar-refractivity contribution in [1.29, 1.82) is 0 Å². The monoisotopic (exact) mass is 232 g/mol. The van der Waals surface area contributed by atoms with Gasteiger partial charge < -0.3 is 20.4 Å². The van der Waals surface area contributed by atoms with E-state index in [2.05, 4.69) is 5.32 Å². The van der Waals surface area contributed by atoms with Gasteiger partial charge in [-0.15, -0.1) is 0 Å². The van der Waals surface area contributed by atoms with Crippen molar-refractivity contribution >= 4 is 11.9 Å². The van der Waals surface area contributed by atoms with Gasteiger partial charge in [0.25, 0.3) is 0 Å². The van der Waals surface area contributed by atoms with E-state index in [0.717, 1.165) is 13.1 Å². The van der Waals surface area contributed by atoms with E-state index < -0.39 is 5.97 Å². The fourth-order valence-corrected chi connectivity index (χ4v) is 1.30. The molecule has 94 valence electrons. The maximum Gasteiger partial charge on any atom is 0.322 e. The van der Waals surface area contributed by atoms with Crippen molar-refractivity contribution in [3.8, 4) is 0 Å². The fraction of sp³-hybridized carbons (Fsp3) is 0.800. The second-order valence-corrected chi connectivity index (χ2v) is 3.43. The number of hydrogen-bond donors (Lipinski definition) is 3. The van der Waals surface area contributed by atoms with Crippen molar-refractivity contribution in [3.05, 3.63) is 0 Å². The molecule has 0 radical (unpaired) electrons. The first kappa shape index (κ1) is 14.9. The number of aliphatic carboxylic acids is 1. The van der Waals surface area contributed by atoms with Crippen molar-refractivity contribution in [2.75, 3.05) is 32.8 Å². The van der Waals surface area contributed by atoms with Gasteiger partial charge in [0.05, 0.1) is 6.61 Å². The van der Waals surface area contributed by atoms with Crippen LogP contribution in [0.4, 0.5) is 0 Å². The molecule has 16 heavy (non-hydrogen) atoms. The van der Waals surface area contributed by atoms with Crippen LogP contribution in [0, 0.1) is 0 Å². The number of carbonyl (C=O) groups excluding carboxylic acids is 1. The summed E-state index contributed by atoms with van der Waals surface area (Å²) in [6, 6.07) is 0. The lowest BCUT2D eigenvalue weighted by molar-refractivity contribution is -0.137. The number of aliphatic hydroxyl groups is 1. The van der Waals surface area contributed by atoms with Gasteiger partial charge in [-0.05, 0) is 19.5 Å². The zero-order chi connectivity index (χ0) is 12.4. The van der Waals surface area contributed by atoms with Crippen LogP contribution < -0.4 is 5.32 Å². The lowest BCUT2D eigenvalue weighted by atomic mass is 10.2. The number of rotatable bonds is 9. The number of likely N-dealkylation sites (N-methyl/N-ethyl adjacent to an activating group) is 1. The summed E-state index contributed by atoms with van der Waals surface area (Å²) in [5, 5.41) is 19.4. The quantitative estimate of drug-likeness (QED) is 0.488. The Balaban J connectivity index is 3.55. The molecule has 0 aromatic heterocycles. The van der Waals surface area contributed by atoms with Crippen LogP contribution in [0.5, 0.6) is 0 Å². The molecule has 0 saturated heterocycles. The molecule has 0 spiro atoms. The number of hydrogen-bond acceptors (Lipinski definition) is 4. The standard InChI is InChI=1S/C10H20N2O4/c1-2-12(6-7-13)5-3-4-9(14)11-8-10(15)16/h13H,2-8H2,1H3,(H,11,14)(H,15,16). The smallest absolute Gasteiger partial charge is 0.322 e. The summed E-state index contributed by atoms with van der Waals surface area (Å²) in [6.07, 6.45) is 0.981. The Morgan fingerprint density at radius 1 is 1.31 bits per heavy atom. The van der Waals surface area contributed by atoms with E-state index in [4.69, 9.17) is 10.2 Å².